The van der Waals surface area contributed by atoms with Crippen LogP contribution in [-0.2, 0) is 0 Å². The average molecular weight is 485 g/mol. The van der Waals surface area contributed by atoms with Gasteiger partial charge in [-0.3, -0.25) is 4.79 Å². The summed E-state index contributed by atoms with van der Waals surface area (Å²) < 4.78 is 55.6. The van der Waals surface area contributed by atoms with Gasteiger partial charge >= 0.3 is 0 Å². The molecule has 1 aliphatic carbocycles. The molecule has 1 aliphatic rings. The zero-order valence-corrected chi connectivity index (χ0v) is 17.3. The molecule has 0 saturated heterocycles. The topological polar surface area (TPSA) is 59.8 Å². The van der Waals surface area contributed by atoms with Gasteiger partial charge in [-0.05, 0) is 35.7 Å². The Bertz CT molecular complexity index is 1160. The number of aromatic nitrogens is 3. The number of fused-ring (bicyclic) bond motifs is 1. The van der Waals surface area contributed by atoms with Crippen molar-refractivity contribution in [3.8, 4) is 0 Å². The molecule has 0 radical (unpaired) electrons. The quantitative estimate of drug-likeness (QED) is 0.487. The van der Waals surface area contributed by atoms with E-state index in [2.05, 4.69) is 31.2 Å². The third kappa shape index (κ3) is 3.57. The van der Waals surface area contributed by atoms with E-state index in [0.29, 0.717) is 16.7 Å². The Morgan fingerprint density at radius 2 is 1.93 bits per heavy atom. The highest BCUT2D eigenvalue weighted by atomic mass is 79.9. The van der Waals surface area contributed by atoms with Crippen molar-refractivity contribution in [2.24, 2.45) is 0 Å². The van der Waals surface area contributed by atoms with Crippen molar-refractivity contribution in [2.45, 2.75) is 44.4 Å². The van der Waals surface area contributed by atoms with Gasteiger partial charge in [-0.25, -0.2) is 27.5 Å². The zero-order chi connectivity index (χ0) is 21.6. The van der Waals surface area contributed by atoms with Crippen LogP contribution in [-0.4, -0.2) is 20.7 Å². The molecule has 30 heavy (non-hydrogen) atoms. The zero-order valence-electron chi connectivity index (χ0n) is 15.8. The van der Waals surface area contributed by atoms with Gasteiger partial charge in [0.05, 0.1) is 22.5 Å². The molecule has 1 fully saturated rings. The summed E-state index contributed by atoms with van der Waals surface area (Å²) in [6.45, 7) is 1.62. The number of nitrogens with zero attached hydrogens (tertiary/aromatic N) is 3. The lowest BCUT2D eigenvalue weighted by Gasteiger charge is -2.31. The monoisotopic (exact) mass is 484 g/mol. The van der Waals surface area contributed by atoms with Crippen LogP contribution in [0.25, 0.3) is 10.9 Å². The molecule has 0 aliphatic heterocycles. The molecule has 10 heteroatoms. The minimum Gasteiger partial charge on any atom is -0.363 e. The predicted octanol–water partition coefficient (Wildman–Crippen LogP) is 5.48. The van der Waals surface area contributed by atoms with Gasteiger partial charge in [-0.2, -0.15) is 0 Å². The van der Waals surface area contributed by atoms with Gasteiger partial charge in [0.2, 0.25) is 0 Å². The van der Waals surface area contributed by atoms with Crippen molar-refractivity contribution in [1.82, 2.24) is 14.5 Å². The van der Waals surface area contributed by atoms with E-state index in [9.17, 15) is 22.4 Å². The van der Waals surface area contributed by atoms with Gasteiger partial charge in [0.25, 0.3) is 12.0 Å². The van der Waals surface area contributed by atoms with Gasteiger partial charge in [0, 0.05) is 17.8 Å². The molecule has 1 saturated carbocycles. The van der Waals surface area contributed by atoms with E-state index in [1.165, 1.54) is 23.0 Å². The molecule has 1 N–H and O–H groups in total. The lowest BCUT2D eigenvalue weighted by molar-refractivity contribution is 0.134. The van der Waals surface area contributed by atoms with Crippen molar-refractivity contribution in [2.75, 3.05) is 5.32 Å². The SMILES string of the molecule is C[C@@H](Nc1ncnc2c(Br)c(=O)n(C3CC(F)C3)cc12)c1cccc(C(F)F)c1F. The molecule has 158 valence electrons. The van der Waals surface area contributed by atoms with Crippen LogP contribution in [0.2, 0.25) is 0 Å². The molecule has 5 nitrogen and oxygen atoms in total. The first kappa shape index (κ1) is 20.8. The molecule has 0 unspecified atom stereocenters. The third-order valence-corrected chi connectivity index (χ3v) is 6.06. The van der Waals surface area contributed by atoms with Gasteiger partial charge in [-0.1, -0.05) is 18.2 Å². The highest BCUT2D eigenvalue weighted by Gasteiger charge is 2.32. The van der Waals surface area contributed by atoms with Crippen molar-refractivity contribution < 1.29 is 17.6 Å². The first-order valence-corrected chi connectivity index (χ1v) is 10.1. The van der Waals surface area contributed by atoms with Gasteiger partial charge < -0.3 is 9.88 Å². The summed E-state index contributed by atoms with van der Waals surface area (Å²) in [5.74, 6) is -0.674. The van der Waals surface area contributed by atoms with Crippen LogP contribution in [0.5, 0.6) is 0 Å². The Morgan fingerprint density at radius 3 is 2.60 bits per heavy atom. The Hall–Kier alpha value is -2.49. The van der Waals surface area contributed by atoms with Gasteiger partial charge in [0.1, 0.15) is 28.6 Å². The number of hydrogen-bond acceptors (Lipinski definition) is 4. The summed E-state index contributed by atoms with van der Waals surface area (Å²) in [4.78, 5) is 20.9. The Labute approximate surface area is 177 Å². The summed E-state index contributed by atoms with van der Waals surface area (Å²) in [5.41, 5.74) is -0.589. The van der Waals surface area contributed by atoms with Crippen LogP contribution in [0.4, 0.5) is 23.4 Å². The Balaban J connectivity index is 1.75. The molecular weight excluding hydrogens is 468 g/mol. The number of halogens is 5. The van der Waals surface area contributed by atoms with Crippen LogP contribution in [0.3, 0.4) is 0 Å². The van der Waals surface area contributed by atoms with E-state index in [1.807, 2.05) is 0 Å². The third-order valence-electron chi connectivity index (χ3n) is 5.34. The van der Waals surface area contributed by atoms with Crippen LogP contribution < -0.4 is 10.9 Å². The maximum absolute atomic E-state index is 14.5. The van der Waals surface area contributed by atoms with Crippen LogP contribution in [0, 0.1) is 5.82 Å². The second kappa shape index (κ2) is 7.98. The van der Waals surface area contributed by atoms with Crippen molar-refractivity contribution in [3.05, 3.63) is 62.5 Å². The summed E-state index contributed by atoms with van der Waals surface area (Å²) >= 11 is 3.26. The maximum Gasteiger partial charge on any atom is 0.267 e. The Morgan fingerprint density at radius 1 is 1.23 bits per heavy atom. The molecular formula is C20H17BrF4N4O. The lowest BCUT2D eigenvalue weighted by atomic mass is 9.90. The van der Waals surface area contributed by atoms with Gasteiger partial charge in [0.15, 0.2) is 0 Å². The molecule has 3 aromatic rings. The number of nitrogens with one attached hydrogen (secondary N) is 1. The molecule has 4 rings (SSSR count). The lowest BCUT2D eigenvalue weighted by Crippen LogP contribution is -2.35. The molecule has 0 amide bonds. The number of pyridine rings is 1. The summed E-state index contributed by atoms with van der Waals surface area (Å²) in [6.07, 6.45) is -0.568. The maximum atomic E-state index is 14.5. The van der Waals surface area contributed by atoms with Crippen LogP contribution in [0.15, 0.2) is 40.0 Å². The minimum absolute atomic E-state index is 0.0613. The number of hydrogen-bond donors (Lipinski definition) is 1. The van der Waals surface area contributed by atoms with Crippen molar-refractivity contribution >= 4 is 32.7 Å². The van der Waals surface area contributed by atoms with E-state index in [4.69, 9.17) is 0 Å². The number of rotatable bonds is 5. The molecule has 1 aromatic carbocycles. The molecule has 2 heterocycles. The van der Waals surface area contributed by atoms with Crippen LogP contribution in [0.1, 0.15) is 49.4 Å². The molecule has 1 atom stereocenters. The number of anilines is 1. The fourth-order valence-corrected chi connectivity index (χ4v) is 4.11. The van der Waals surface area contributed by atoms with Gasteiger partial charge in [-0.15, -0.1) is 0 Å². The normalized spacial score (nSPS) is 19.7. The minimum atomic E-state index is -2.93. The molecule has 0 spiro atoms. The molecule has 0 bridgehead atoms. The van der Waals surface area contributed by atoms with Crippen LogP contribution >= 0.6 is 15.9 Å². The first-order valence-electron chi connectivity index (χ1n) is 9.30. The summed E-state index contributed by atoms with van der Waals surface area (Å²) in [5, 5.41) is 3.50. The highest BCUT2D eigenvalue weighted by Crippen LogP contribution is 2.36. The fraction of sp³-hybridized carbons (Fsp3) is 0.350. The average Bonchev–Trinajstić information content (AvgIpc) is 2.68. The fourth-order valence-electron chi connectivity index (χ4n) is 3.59. The Kier molecular flexibility index (Phi) is 5.52. The van der Waals surface area contributed by atoms with Crippen molar-refractivity contribution in [1.29, 1.82) is 0 Å². The predicted molar refractivity (Wildman–Crippen MR) is 108 cm³/mol. The first-order chi connectivity index (χ1) is 14.3. The van der Waals surface area contributed by atoms with Crippen molar-refractivity contribution in [3.63, 3.8) is 0 Å². The second-order valence-corrected chi connectivity index (χ2v) is 8.07. The van der Waals surface area contributed by atoms with E-state index in [-0.39, 0.29) is 34.5 Å². The van der Waals surface area contributed by atoms with E-state index in [1.54, 1.807) is 13.1 Å². The summed E-state index contributed by atoms with van der Waals surface area (Å²) in [6, 6.07) is 2.87. The van der Waals surface area contributed by atoms with E-state index in [0.717, 1.165) is 6.07 Å². The van der Waals surface area contributed by atoms with E-state index < -0.39 is 30.0 Å². The summed E-state index contributed by atoms with van der Waals surface area (Å²) in [7, 11) is 0. The second-order valence-electron chi connectivity index (χ2n) is 7.28. The standard InChI is InChI=1S/C20H17BrF4N4O/c1-9(12-3-2-4-13(16(12)23)18(24)25)28-19-14-7-29(11-5-10(22)6-11)20(30)15(21)17(14)26-8-27-19/h2-4,7-11,18H,5-6H2,1H3,(H,26,27,28)/t9-,10?,11?/m1/s1. The molecule has 2 aromatic heterocycles. The number of benzene rings is 1. The smallest absolute Gasteiger partial charge is 0.267 e. The van der Waals surface area contributed by atoms with E-state index >= 15 is 0 Å². The highest BCUT2D eigenvalue weighted by molar-refractivity contribution is 9.10. The number of alkyl halides is 3. The largest absolute Gasteiger partial charge is 0.363 e.